The molecule has 1 unspecified atom stereocenters. The molecule has 2 aromatic carbocycles. The highest BCUT2D eigenvalue weighted by Crippen LogP contribution is 2.29. The topological polar surface area (TPSA) is 89.1 Å². The summed E-state index contributed by atoms with van der Waals surface area (Å²) in [5.74, 6) is -0.291. The van der Waals surface area contributed by atoms with E-state index >= 15 is 0 Å². The van der Waals surface area contributed by atoms with E-state index in [9.17, 15) is 4.79 Å². The fourth-order valence-electron chi connectivity index (χ4n) is 3.88. The van der Waals surface area contributed by atoms with E-state index in [-0.39, 0.29) is 12.2 Å². The molecule has 3 heterocycles. The first-order chi connectivity index (χ1) is 14.7. The fraction of sp³-hybridized carbons (Fsp3) is 0.261. The van der Waals surface area contributed by atoms with Gasteiger partial charge in [-0.2, -0.15) is 5.10 Å². The van der Waals surface area contributed by atoms with Crippen LogP contribution in [-0.4, -0.2) is 34.0 Å². The average Bonchev–Trinajstić information content (AvgIpc) is 3.27. The molecule has 1 atom stereocenters. The Morgan fingerprint density at radius 3 is 2.87 bits per heavy atom. The van der Waals surface area contributed by atoms with Gasteiger partial charge in [0.2, 0.25) is 0 Å². The van der Waals surface area contributed by atoms with Gasteiger partial charge in [-0.1, -0.05) is 12.1 Å². The summed E-state index contributed by atoms with van der Waals surface area (Å²) in [6.07, 6.45) is 4.33. The van der Waals surface area contributed by atoms with Gasteiger partial charge in [0, 0.05) is 34.9 Å². The van der Waals surface area contributed by atoms with Crippen LogP contribution in [0, 0.1) is 6.92 Å². The number of nitrogens with zero attached hydrogens (tertiary/aromatic N) is 2. The molecule has 7 nitrogen and oxygen atoms in total. The number of hydrogen-bond donors (Lipinski definition) is 2. The number of aromatic nitrogens is 3. The summed E-state index contributed by atoms with van der Waals surface area (Å²) in [5, 5.41) is 9.30. The summed E-state index contributed by atoms with van der Waals surface area (Å²) in [5.41, 5.74) is 7.86. The summed E-state index contributed by atoms with van der Waals surface area (Å²) in [6, 6.07) is 13.4. The molecule has 0 spiro atoms. The Labute approximate surface area is 173 Å². The number of pyridine rings is 1. The van der Waals surface area contributed by atoms with Gasteiger partial charge in [0.1, 0.15) is 0 Å². The average molecular weight is 402 g/mol. The third-order valence-corrected chi connectivity index (χ3v) is 5.45. The van der Waals surface area contributed by atoms with E-state index in [1.54, 1.807) is 12.1 Å². The highest BCUT2D eigenvalue weighted by atomic mass is 16.8. The van der Waals surface area contributed by atoms with Gasteiger partial charge in [-0.15, -0.1) is 0 Å². The Morgan fingerprint density at radius 2 is 2.07 bits per heavy atom. The second-order valence-electron chi connectivity index (χ2n) is 7.54. The van der Waals surface area contributed by atoms with Crippen molar-refractivity contribution in [3.05, 3.63) is 59.8 Å². The van der Waals surface area contributed by atoms with Crippen molar-refractivity contribution in [2.24, 2.45) is 0 Å². The van der Waals surface area contributed by atoms with Crippen LogP contribution in [0.3, 0.4) is 0 Å². The summed E-state index contributed by atoms with van der Waals surface area (Å²) >= 11 is 0. The first-order valence-electron chi connectivity index (χ1n) is 10.1. The fourth-order valence-corrected chi connectivity index (χ4v) is 3.88. The second-order valence-corrected chi connectivity index (χ2v) is 7.54. The smallest absolute Gasteiger partial charge is 0.274 e. The van der Waals surface area contributed by atoms with Crippen LogP contribution in [0.2, 0.25) is 0 Å². The van der Waals surface area contributed by atoms with Crippen molar-refractivity contribution in [2.75, 3.05) is 6.61 Å². The van der Waals surface area contributed by atoms with Crippen LogP contribution in [-0.2, 0) is 9.57 Å². The van der Waals surface area contributed by atoms with Crippen molar-refractivity contribution in [3.8, 4) is 11.3 Å². The standard InChI is InChI=1S/C23H22N4O3/c1-14-12-20(25-19-10-9-18-17(22(14)19)13-24-26-18)15-5-7-16(8-6-15)23(28)27-30-21-4-2-3-11-29-21/h5-10,12-13,21H,2-4,11H2,1H3,(H,24,26)(H,27,28). The molecule has 7 heteroatoms. The molecule has 2 aromatic heterocycles. The van der Waals surface area contributed by atoms with Crippen molar-refractivity contribution < 1.29 is 14.4 Å². The van der Waals surface area contributed by atoms with E-state index in [4.69, 9.17) is 14.6 Å². The van der Waals surface area contributed by atoms with Crippen molar-refractivity contribution in [1.29, 1.82) is 0 Å². The van der Waals surface area contributed by atoms with Crippen LogP contribution in [0.15, 0.2) is 48.7 Å². The van der Waals surface area contributed by atoms with Gasteiger partial charge in [0.05, 0.1) is 22.9 Å². The number of carbonyl (C=O) groups excluding carboxylic acids is 1. The van der Waals surface area contributed by atoms with Crippen LogP contribution in [0.1, 0.15) is 35.2 Å². The first-order valence-corrected chi connectivity index (χ1v) is 10.1. The number of aromatic amines is 1. The van der Waals surface area contributed by atoms with Crippen LogP contribution in [0.4, 0.5) is 0 Å². The molecule has 0 bridgehead atoms. The van der Waals surface area contributed by atoms with Gasteiger partial charge in [-0.05, 0) is 55.7 Å². The largest absolute Gasteiger partial charge is 0.350 e. The molecule has 0 radical (unpaired) electrons. The van der Waals surface area contributed by atoms with Gasteiger partial charge in [-0.3, -0.25) is 9.89 Å². The Kier molecular flexibility index (Phi) is 4.90. The van der Waals surface area contributed by atoms with Gasteiger partial charge in [0.25, 0.3) is 5.91 Å². The maximum atomic E-state index is 12.3. The van der Waals surface area contributed by atoms with Crippen molar-refractivity contribution in [1.82, 2.24) is 20.7 Å². The molecule has 1 fully saturated rings. The third-order valence-electron chi connectivity index (χ3n) is 5.45. The number of hydrogen-bond acceptors (Lipinski definition) is 5. The maximum Gasteiger partial charge on any atom is 0.274 e. The molecule has 1 amide bonds. The van der Waals surface area contributed by atoms with E-state index in [0.29, 0.717) is 12.2 Å². The molecule has 0 saturated carbocycles. The van der Waals surface area contributed by atoms with Gasteiger partial charge in [0.15, 0.2) is 6.29 Å². The Hall–Kier alpha value is -3.29. The van der Waals surface area contributed by atoms with Gasteiger partial charge < -0.3 is 4.74 Å². The summed E-state index contributed by atoms with van der Waals surface area (Å²) in [6.45, 7) is 2.74. The lowest BCUT2D eigenvalue weighted by Crippen LogP contribution is -2.33. The van der Waals surface area contributed by atoms with Crippen molar-refractivity contribution in [3.63, 3.8) is 0 Å². The Balaban J connectivity index is 1.36. The van der Waals surface area contributed by atoms with E-state index in [2.05, 4.69) is 28.7 Å². The highest BCUT2D eigenvalue weighted by Gasteiger charge is 2.16. The minimum atomic E-state index is -0.367. The number of ether oxygens (including phenoxy) is 1. The first kappa shape index (κ1) is 18.7. The van der Waals surface area contributed by atoms with Crippen LogP contribution >= 0.6 is 0 Å². The van der Waals surface area contributed by atoms with Gasteiger partial charge >= 0.3 is 0 Å². The molecule has 1 aliphatic heterocycles. The monoisotopic (exact) mass is 402 g/mol. The number of aryl methyl sites for hydroxylation is 1. The number of carbonyl (C=O) groups is 1. The summed E-state index contributed by atoms with van der Waals surface area (Å²) in [4.78, 5) is 22.5. The molecule has 0 aliphatic carbocycles. The minimum absolute atomic E-state index is 0.291. The predicted molar refractivity (Wildman–Crippen MR) is 114 cm³/mol. The number of amides is 1. The Morgan fingerprint density at radius 1 is 1.20 bits per heavy atom. The molecule has 1 aliphatic rings. The quantitative estimate of drug-likeness (QED) is 0.498. The molecule has 1 saturated heterocycles. The SMILES string of the molecule is Cc1cc(-c2ccc(C(=O)NOC3CCCCO3)cc2)nc2ccc3[nH]ncc3c12. The summed E-state index contributed by atoms with van der Waals surface area (Å²) in [7, 11) is 0. The van der Waals surface area contributed by atoms with E-state index in [0.717, 1.165) is 57.9 Å². The van der Waals surface area contributed by atoms with Crippen LogP contribution < -0.4 is 5.48 Å². The lowest BCUT2D eigenvalue weighted by Gasteiger charge is -2.22. The number of rotatable bonds is 4. The zero-order chi connectivity index (χ0) is 20.5. The molecular formula is C23H22N4O3. The lowest BCUT2D eigenvalue weighted by atomic mass is 10.0. The number of hydroxylamine groups is 1. The molecule has 152 valence electrons. The molecule has 4 aromatic rings. The third kappa shape index (κ3) is 3.53. The van der Waals surface area contributed by atoms with Crippen molar-refractivity contribution >= 4 is 27.7 Å². The molecule has 2 N–H and O–H groups in total. The zero-order valence-electron chi connectivity index (χ0n) is 16.6. The maximum absolute atomic E-state index is 12.3. The lowest BCUT2D eigenvalue weighted by molar-refractivity contribution is -0.186. The van der Waals surface area contributed by atoms with E-state index in [1.807, 2.05) is 30.5 Å². The number of nitrogens with one attached hydrogen (secondary N) is 2. The number of H-pyrrole nitrogens is 1. The molecule has 5 rings (SSSR count). The van der Waals surface area contributed by atoms with E-state index < -0.39 is 0 Å². The van der Waals surface area contributed by atoms with Crippen LogP contribution in [0.5, 0.6) is 0 Å². The summed E-state index contributed by atoms with van der Waals surface area (Å²) < 4.78 is 5.46. The number of fused-ring (bicyclic) bond motifs is 3. The predicted octanol–water partition coefficient (Wildman–Crippen LogP) is 4.27. The van der Waals surface area contributed by atoms with Crippen LogP contribution in [0.25, 0.3) is 33.1 Å². The van der Waals surface area contributed by atoms with Gasteiger partial charge in [-0.25, -0.2) is 15.3 Å². The molecular weight excluding hydrogens is 380 g/mol. The van der Waals surface area contributed by atoms with Crippen molar-refractivity contribution in [2.45, 2.75) is 32.5 Å². The normalized spacial score (nSPS) is 16.8. The highest BCUT2D eigenvalue weighted by molar-refractivity contribution is 6.06. The minimum Gasteiger partial charge on any atom is -0.350 e. The second kappa shape index (κ2) is 7.85. The number of benzene rings is 2. The van der Waals surface area contributed by atoms with E-state index in [1.165, 1.54) is 0 Å². The zero-order valence-corrected chi connectivity index (χ0v) is 16.6. The molecule has 30 heavy (non-hydrogen) atoms. The Bertz CT molecular complexity index is 1210.